The van der Waals surface area contributed by atoms with E-state index in [1.54, 1.807) is 31.2 Å². The second-order valence-corrected chi connectivity index (χ2v) is 4.14. The van der Waals surface area contributed by atoms with E-state index < -0.39 is 5.97 Å². The number of carboxylic acids is 1. The van der Waals surface area contributed by atoms with Crippen LogP contribution in [-0.2, 0) is 6.54 Å². The average molecular weight is 258 g/mol. The fourth-order valence-corrected chi connectivity index (χ4v) is 1.77. The fraction of sp³-hybridized carbons (Fsp3) is 0.143. The number of hydrogen-bond acceptors (Lipinski definition) is 4. The molecule has 0 radical (unpaired) electrons. The second kappa shape index (κ2) is 5.39. The SMILES string of the molecule is Cc1c(NCc2ccc(O)cn2)cccc1C(=O)O. The minimum atomic E-state index is -0.941. The summed E-state index contributed by atoms with van der Waals surface area (Å²) in [7, 11) is 0. The molecule has 1 heterocycles. The highest BCUT2D eigenvalue weighted by molar-refractivity contribution is 5.91. The number of nitrogens with zero attached hydrogens (tertiary/aromatic N) is 1. The van der Waals surface area contributed by atoms with Crippen LogP contribution in [0, 0.1) is 6.92 Å². The lowest BCUT2D eigenvalue weighted by Gasteiger charge is -2.11. The number of hydrogen-bond donors (Lipinski definition) is 3. The van der Waals surface area contributed by atoms with E-state index in [1.807, 2.05) is 6.07 Å². The largest absolute Gasteiger partial charge is 0.506 e. The van der Waals surface area contributed by atoms with Gasteiger partial charge in [-0.25, -0.2) is 4.79 Å². The van der Waals surface area contributed by atoms with Crippen LogP contribution < -0.4 is 5.32 Å². The first-order chi connectivity index (χ1) is 9.08. The molecule has 19 heavy (non-hydrogen) atoms. The fourth-order valence-electron chi connectivity index (χ4n) is 1.77. The molecular formula is C14H14N2O3. The molecule has 2 aromatic rings. The van der Waals surface area contributed by atoms with Gasteiger partial charge in [0, 0.05) is 5.69 Å². The maximum atomic E-state index is 11.0. The van der Waals surface area contributed by atoms with E-state index in [9.17, 15) is 4.79 Å². The van der Waals surface area contributed by atoms with Crippen molar-refractivity contribution in [1.29, 1.82) is 0 Å². The van der Waals surface area contributed by atoms with Crippen LogP contribution in [0.25, 0.3) is 0 Å². The summed E-state index contributed by atoms with van der Waals surface area (Å²) in [5.41, 5.74) is 2.49. The molecule has 0 aliphatic heterocycles. The maximum absolute atomic E-state index is 11.0. The predicted molar refractivity (Wildman–Crippen MR) is 71.4 cm³/mol. The Morgan fingerprint density at radius 1 is 1.32 bits per heavy atom. The number of pyridine rings is 1. The van der Waals surface area contributed by atoms with Crippen LogP contribution in [0.2, 0.25) is 0 Å². The third-order valence-corrected chi connectivity index (χ3v) is 2.83. The van der Waals surface area contributed by atoms with E-state index in [0.717, 1.165) is 11.4 Å². The van der Waals surface area contributed by atoms with Gasteiger partial charge in [0.2, 0.25) is 0 Å². The van der Waals surface area contributed by atoms with Crippen molar-refractivity contribution in [1.82, 2.24) is 4.98 Å². The number of aromatic carboxylic acids is 1. The summed E-state index contributed by atoms with van der Waals surface area (Å²) in [4.78, 5) is 15.1. The number of aromatic nitrogens is 1. The Bertz CT molecular complexity index is 594. The van der Waals surface area contributed by atoms with Gasteiger partial charge in [-0.1, -0.05) is 6.07 Å². The lowest BCUT2D eigenvalue weighted by atomic mass is 10.1. The van der Waals surface area contributed by atoms with E-state index in [-0.39, 0.29) is 11.3 Å². The molecule has 1 aromatic carbocycles. The number of carboxylic acid groups (broad SMARTS) is 1. The van der Waals surface area contributed by atoms with Gasteiger partial charge in [0.05, 0.1) is 24.0 Å². The molecule has 0 atom stereocenters. The summed E-state index contributed by atoms with van der Waals surface area (Å²) >= 11 is 0. The van der Waals surface area contributed by atoms with E-state index in [4.69, 9.17) is 10.2 Å². The molecule has 0 spiro atoms. The van der Waals surface area contributed by atoms with Crippen LogP contribution in [0.3, 0.4) is 0 Å². The van der Waals surface area contributed by atoms with Crippen LogP contribution in [0.15, 0.2) is 36.5 Å². The molecule has 5 heteroatoms. The minimum Gasteiger partial charge on any atom is -0.506 e. The molecule has 1 aromatic heterocycles. The molecule has 0 saturated heterocycles. The molecule has 0 amide bonds. The van der Waals surface area contributed by atoms with E-state index in [0.29, 0.717) is 12.1 Å². The molecule has 0 unspecified atom stereocenters. The highest BCUT2D eigenvalue weighted by Crippen LogP contribution is 2.19. The van der Waals surface area contributed by atoms with Gasteiger partial charge in [-0.05, 0) is 36.8 Å². The van der Waals surface area contributed by atoms with Gasteiger partial charge < -0.3 is 15.5 Å². The summed E-state index contributed by atoms with van der Waals surface area (Å²) in [5, 5.41) is 21.3. The summed E-state index contributed by atoms with van der Waals surface area (Å²) < 4.78 is 0. The minimum absolute atomic E-state index is 0.118. The van der Waals surface area contributed by atoms with Crippen molar-refractivity contribution in [3.63, 3.8) is 0 Å². The lowest BCUT2D eigenvalue weighted by molar-refractivity contribution is 0.0696. The van der Waals surface area contributed by atoms with Crippen molar-refractivity contribution in [2.75, 3.05) is 5.32 Å². The quantitative estimate of drug-likeness (QED) is 0.784. The number of rotatable bonds is 4. The van der Waals surface area contributed by atoms with E-state index >= 15 is 0 Å². The van der Waals surface area contributed by atoms with Crippen LogP contribution in [0.1, 0.15) is 21.6 Å². The summed E-state index contributed by atoms with van der Waals surface area (Å²) in [6.45, 7) is 2.22. The number of anilines is 1. The molecule has 0 fully saturated rings. The first-order valence-corrected chi connectivity index (χ1v) is 5.78. The van der Waals surface area contributed by atoms with Crippen molar-refractivity contribution in [3.8, 4) is 5.75 Å². The third kappa shape index (κ3) is 3.01. The van der Waals surface area contributed by atoms with Gasteiger partial charge in [-0.3, -0.25) is 4.98 Å². The monoisotopic (exact) mass is 258 g/mol. The molecule has 0 aliphatic carbocycles. The standard InChI is InChI=1S/C14H14N2O3/c1-9-12(14(18)19)3-2-4-13(9)16-7-10-5-6-11(17)8-15-10/h2-6,8,16-17H,7H2,1H3,(H,18,19). The zero-order chi connectivity index (χ0) is 13.8. The van der Waals surface area contributed by atoms with Crippen molar-refractivity contribution < 1.29 is 15.0 Å². The Morgan fingerprint density at radius 2 is 2.11 bits per heavy atom. The molecule has 5 nitrogen and oxygen atoms in total. The topological polar surface area (TPSA) is 82.5 Å². The normalized spacial score (nSPS) is 10.2. The zero-order valence-corrected chi connectivity index (χ0v) is 10.4. The highest BCUT2D eigenvalue weighted by Gasteiger charge is 2.09. The van der Waals surface area contributed by atoms with Crippen LogP contribution in [0.4, 0.5) is 5.69 Å². The van der Waals surface area contributed by atoms with Crippen molar-refractivity contribution in [2.24, 2.45) is 0 Å². The Balaban J connectivity index is 2.13. The van der Waals surface area contributed by atoms with Crippen LogP contribution in [0.5, 0.6) is 5.75 Å². The number of aromatic hydroxyl groups is 1. The molecule has 0 bridgehead atoms. The molecule has 2 rings (SSSR count). The average Bonchev–Trinajstić information content (AvgIpc) is 2.39. The summed E-state index contributed by atoms with van der Waals surface area (Å²) in [6.07, 6.45) is 1.37. The highest BCUT2D eigenvalue weighted by atomic mass is 16.4. The van der Waals surface area contributed by atoms with Gasteiger partial charge in [-0.2, -0.15) is 0 Å². The summed E-state index contributed by atoms with van der Waals surface area (Å²) in [5.74, 6) is -0.822. The number of nitrogens with one attached hydrogen (secondary N) is 1. The predicted octanol–water partition coefficient (Wildman–Crippen LogP) is 2.41. The van der Waals surface area contributed by atoms with Crippen LogP contribution >= 0.6 is 0 Å². The maximum Gasteiger partial charge on any atom is 0.336 e. The zero-order valence-electron chi connectivity index (χ0n) is 10.4. The van der Waals surface area contributed by atoms with Crippen LogP contribution in [-0.4, -0.2) is 21.2 Å². The second-order valence-electron chi connectivity index (χ2n) is 4.14. The van der Waals surface area contributed by atoms with E-state index in [1.165, 1.54) is 6.20 Å². The molecule has 0 aliphatic rings. The molecule has 0 saturated carbocycles. The van der Waals surface area contributed by atoms with Gasteiger partial charge in [0.1, 0.15) is 5.75 Å². The van der Waals surface area contributed by atoms with Crippen molar-refractivity contribution in [2.45, 2.75) is 13.5 Å². The first kappa shape index (κ1) is 12.9. The van der Waals surface area contributed by atoms with Crippen molar-refractivity contribution >= 4 is 11.7 Å². The Morgan fingerprint density at radius 3 is 2.74 bits per heavy atom. The summed E-state index contributed by atoms with van der Waals surface area (Å²) in [6, 6.07) is 8.36. The van der Waals surface area contributed by atoms with Gasteiger partial charge >= 0.3 is 5.97 Å². The molecule has 3 N–H and O–H groups in total. The smallest absolute Gasteiger partial charge is 0.336 e. The van der Waals surface area contributed by atoms with Gasteiger partial charge in [0.15, 0.2) is 0 Å². The van der Waals surface area contributed by atoms with Gasteiger partial charge in [-0.15, -0.1) is 0 Å². The van der Waals surface area contributed by atoms with E-state index in [2.05, 4.69) is 10.3 Å². The Kier molecular flexibility index (Phi) is 3.66. The molecular weight excluding hydrogens is 244 g/mol. The Hall–Kier alpha value is -2.56. The Labute approximate surface area is 110 Å². The number of carbonyl (C=O) groups is 1. The lowest BCUT2D eigenvalue weighted by Crippen LogP contribution is -2.06. The molecule has 98 valence electrons. The first-order valence-electron chi connectivity index (χ1n) is 5.78. The third-order valence-electron chi connectivity index (χ3n) is 2.83. The van der Waals surface area contributed by atoms with Gasteiger partial charge in [0.25, 0.3) is 0 Å². The number of benzene rings is 1. The van der Waals surface area contributed by atoms with Crippen molar-refractivity contribution in [3.05, 3.63) is 53.3 Å².